The molecule has 0 amide bonds. The number of rotatable bonds is 3. The van der Waals surface area contributed by atoms with Crippen LogP contribution < -0.4 is 11.3 Å². The summed E-state index contributed by atoms with van der Waals surface area (Å²) in [6.45, 7) is 0. The maximum atomic E-state index is 10.5. The number of hydrogen-bond acceptors (Lipinski definition) is 6. The molecule has 8 nitrogen and oxygen atoms in total. The zero-order valence-corrected chi connectivity index (χ0v) is 7.89. The summed E-state index contributed by atoms with van der Waals surface area (Å²) in [6, 6.07) is 1.77. The van der Waals surface area contributed by atoms with E-state index >= 15 is 0 Å². The highest BCUT2D eigenvalue weighted by molar-refractivity contribution is 6.33. The third-order valence-electron chi connectivity index (χ3n) is 1.61. The molecule has 0 saturated heterocycles. The number of anilines is 1. The average molecular weight is 233 g/mol. The molecule has 3 N–H and O–H groups in total. The van der Waals surface area contributed by atoms with E-state index in [0.29, 0.717) is 0 Å². The number of nitrogen functional groups attached to an aromatic ring is 1. The normalized spacial score (nSPS) is 9.73. The van der Waals surface area contributed by atoms with Crippen molar-refractivity contribution in [1.29, 1.82) is 0 Å². The summed E-state index contributed by atoms with van der Waals surface area (Å²) in [7, 11) is 0. The van der Waals surface area contributed by atoms with Crippen LogP contribution in [0.15, 0.2) is 12.1 Å². The van der Waals surface area contributed by atoms with Crippen LogP contribution in [0.3, 0.4) is 0 Å². The first-order chi connectivity index (χ1) is 6.97. The van der Waals surface area contributed by atoms with Gasteiger partial charge in [-0.3, -0.25) is 26.1 Å². The van der Waals surface area contributed by atoms with Crippen molar-refractivity contribution in [2.24, 2.45) is 5.84 Å². The van der Waals surface area contributed by atoms with Crippen molar-refractivity contribution in [3.8, 4) is 0 Å². The van der Waals surface area contributed by atoms with Gasteiger partial charge >= 0.3 is 5.69 Å². The molecule has 1 aromatic rings. The lowest BCUT2D eigenvalue weighted by Crippen LogP contribution is -2.09. The molecule has 0 fully saturated rings. The highest BCUT2D eigenvalue weighted by atomic mass is 35.5. The lowest BCUT2D eigenvalue weighted by Gasteiger charge is -2.02. The van der Waals surface area contributed by atoms with Crippen molar-refractivity contribution >= 4 is 28.7 Å². The van der Waals surface area contributed by atoms with Crippen molar-refractivity contribution < 1.29 is 9.85 Å². The first kappa shape index (κ1) is 11.1. The number of nitro groups is 2. The smallest absolute Gasteiger partial charge is 0.300 e. The van der Waals surface area contributed by atoms with Gasteiger partial charge in [0.1, 0.15) is 10.7 Å². The number of nitrogens with zero attached hydrogens (tertiary/aromatic N) is 2. The molecule has 0 aromatic heterocycles. The minimum absolute atomic E-state index is 0.0874. The molecule has 15 heavy (non-hydrogen) atoms. The van der Waals surface area contributed by atoms with Gasteiger partial charge < -0.3 is 5.43 Å². The fourth-order valence-electron chi connectivity index (χ4n) is 0.957. The fourth-order valence-corrected chi connectivity index (χ4v) is 1.19. The average Bonchev–Trinajstić information content (AvgIpc) is 2.16. The second kappa shape index (κ2) is 4.07. The molecule has 0 saturated carbocycles. The van der Waals surface area contributed by atoms with Gasteiger partial charge in [-0.15, -0.1) is 0 Å². The summed E-state index contributed by atoms with van der Waals surface area (Å²) < 4.78 is 0. The van der Waals surface area contributed by atoms with E-state index in [0.717, 1.165) is 12.1 Å². The van der Waals surface area contributed by atoms with Crippen LogP contribution in [-0.4, -0.2) is 9.85 Å². The second-order valence-electron chi connectivity index (χ2n) is 2.48. The zero-order chi connectivity index (χ0) is 11.6. The monoisotopic (exact) mass is 232 g/mol. The number of nitro benzene ring substituents is 2. The third kappa shape index (κ3) is 2.11. The molecule has 0 bridgehead atoms. The number of hydrazine groups is 1. The van der Waals surface area contributed by atoms with Crippen molar-refractivity contribution in [3.05, 3.63) is 37.4 Å². The van der Waals surface area contributed by atoms with Gasteiger partial charge in [-0.2, -0.15) is 0 Å². The molecule has 0 unspecified atom stereocenters. The molecule has 9 heteroatoms. The second-order valence-corrected chi connectivity index (χ2v) is 2.89. The van der Waals surface area contributed by atoms with E-state index in [-0.39, 0.29) is 10.7 Å². The first-order valence-electron chi connectivity index (χ1n) is 3.56. The number of nitrogens with two attached hydrogens (primary N) is 1. The molecule has 1 aromatic carbocycles. The first-order valence-corrected chi connectivity index (χ1v) is 3.94. The van der Waals surface area contributed by atoms with E-state index in [1.54, 1.807) is 0 Å². The summed E-state index contributed by atoms with van der Waals surface area (Å²) >= 11 is 5.52. The van der Waals surface area contributed by atoms with Gasteiger partial charge in [0.2, 0.25) is 0 Å². The van der Waals surface area contributed by atoms with E-state index in [1.807, 2.05) is 5.43 Å². The molecule has 1 rings (SSSR count). The van der Waals surface area contributed by atoms with Crippen molar-refractivity contribution in [1.82, 2.24) is 0 Å². The Hall–Kier alpha value is -1.93. The van der Waals surface area contributed by atoms with E-state index in [1.165, 1.54) is 0 Å². The predicted octanol–water partition coefficient (Wildman–Crippen LogP) is 1.44. The lowest BCUT2D eigenvalue weighted by molar-refractivity contribution is -0.393. The molecule has 0 aliphatic rings. The van der Waals surface area contributed by atoms with Crippen LogP contribution in [0.4, 0.5) is 17.1 Å². The molecule has 0 atom stereocenters. The highest BCUT2D eigenvalue weighted by Crippen LogP contribution is 2.34. The quantitative estimate of drug-likeness (QED) is 0.461. The summed E-state index contributed by atoms with van der Waals surface area (Å²) in [6.07, 6.45) is 0. The molecule has 0 radical (unpaired) electrons. The molecular weight excluding hydrogens is 228 g/mol. The standard InChI is InChI=1S/C6H5ClN4O4/c7-3-1-4(9-8)6(11(14)15)2-5(3)10(12)13/h1-2,9H,8H2. The Morgan fingerprint density at radius 2 is 1.73 bits per heavy atom. The van der Waals surface area contributed by atoms with Gasteiger partial charge in [0.05, 0.1) is 15.9 Å². The van der Waals surface area contributed by atoms with Crippen LogP contribution in [0, 0.1) is 20.2 Å². The van der Waals surface area contributed by atoms with Gasteiger partial charge in [0.15, 0.2) is 0 Å². The van der Waals surface area contributed by atoms with Crippen molar-refractivity contribution in [2.75, 3.05) is 5.43 Å². The maximum absolute atomic E-state index is 10.5. The fraction of sp³-hybridized carbons (Fsp3) is 0. The summed E-state index contributed by atoms with van der Waals surface area (Å²) in [5.41, 5.74) is 0.902. The van der Waals surface area contributed by atoms with Crippen LogP contribution in [0.25, 0.3) is 0 Å². The molecule has 80 valence electrons. The summed E-state index contributed by atoms with van der Waals surface area (Å²) in [4.78, 5) is 19.4. The predicted molar refractivity (Wildman–Crippen MR) is 52.6 cm³/mol. The minimum atomic E-state index is -0.810. The minimum Gasteiger partial charge on any atom is -0.318 e. The largest absolute Gasteiger partial charge is 0.318 e. The van der Waals surface area contributed by atoms with E-state index in [4.69, 9.17) is 17.4 Å². The Balaban J connectivity index is 3.43. The number of halogens is 1. The zero-order valence-electron chi connectivity index (χ0n) is 7.14. The Kier molecular flexibility index (Phi) is 3.02. The Morgan fingerprint density at radius 3 is 2.13 bits per heavy atom. The molecule has 0 aliphatic carbocycles. The third-order valence-corrected chi connectivity index (χ3v) is 1.92. The van der Waals surface area contributed by atoms with E-state index in [9.17, 15) is 20.2 Å². The van der Waals surface area contributed by atoms with Gasteiger partial charge in [-0.1, -0.05) is 11.6 Å². The molecule has 0 spiro atoms. The maximum Gasteiger partial charge on any atom is 0.300 e. The van der Waals surface area contributed by atoms with Crippen LogP contribution in [0.1, 0.15) is 0 Å². The van der Waals surface area contributed by atoms with Crippen LogP contribution in [-0.2, 0) is 0 Å². The molecule has 0 heterocycles. The van der Waals surface area contributed by atoms with E-state index in [2.05, 4.69) is 0 Å². The highest BCUT2D eigenvalue weighted by Gasteiger charge is 2.22. The van der Waals surface area contributed by atoms with E-state index < -0.39 is 21.2 Å². The topological polar surface area (TPSA) is 124 Å². The summed E-state index contributed by atoms with van der Waals surface area (Å²) in [5, 5.41) is 20.7. The van der Waals surface area contributed by atoms with Crippen molar-refractivity contribution in [3.63, 3.8) is 0 Å². The van der Waals surface area contributed by atoms with Crippen LogP contribution in [0.5, 0.6) is 0 Å². The molecular formula is C6H5ClN4O4. The molecule has 0 aliphatic heterocycles. The Labute approximate surface area is 87.9 Å². The van der Waals surface area contributed by atoms with Crippen LogP contribution >= 0.6 is 11.6 Å². The summed E-state index contributed by atoms with van der Waals surface area (Å²) in [5.74, 6) is 5.00. The van der Waals surface area contributed by atoms with Gasteiger partial charge in [0, 0.05) is 0 Å². The number of nitrogens with one attached hydrogen (secondary N) is 1. The van der Waals surface area contributed by atoms with Crippen LogP contribution in [0.2, 0.25) is 5.02 Å². The Bertz CT molecular complexity index is 435. The van der Waals surface area contributed by atoms with Gasteiger partial charge in [-0.05, 0) is 6.07 Å². The van der Waals surface area contributed by atoms with Gasteiger partial charge in [-0.25, -0.2) is 0 Å². The van der Waals surface area contributed by atoms with Crippen molar-refractivity contribution in [2.45, 2.75) is 0 Å². The SMILES string of the molecule is NNc1cc(Cl)c([N+](=O)[O-])cc1[N+](=O)[O-]. The number of benzene rings is 1. The van der Waals surface area contributed by atoms with Gasteiger partial charge in [0.25, 0.3) is 5.69 Å². The lowest BCUT2D eigenvalue weighted by atomic mass is 10.2. The number of hydrogen-bond donors (Lipinski definition) is 2. The Morgan fingerprint density at radius 1 is 1.20 bits per heavy atom.